The highest BCUT2D eigenvalue weighted by Crippen LogP contribution is 2.31. The van der Waals surface area contributed by atoms with E-state index in [0.717, 1.165) is 42.8 Å². The van der Waals surface area contributed by atoms with E-state index in [0.29, 0.717) is 11.4 Å². The topological polar surface area (TPSA) is 81.0 Å². The molecule has 6 nitrogen and oxygen atoms in total. The van der Waals surface area contributed by atoms with Gasteiger partial charge < -0.3 is 5.32 Å². The van der Waals surface area contributed by atoms with Crippen LogP contribution in [-0.2, 0) is 12.8 Å². The van der Waals surface area contributed by atoms with Gasteiger partial charge in [0.15, 0.2) is 5.82 Å². The van der Waals surface area contributed by atoms with E-state index in [1.54, 1.807) is 18.2 Å². The maximum Gasteiger partial charge on any atom is 0.280 e. The van der Waals surface area contributed by atoms with Crippen LogP contribution >= 0.6 is 0 Å². The van der Waals surface area contributed by atoms with Crippen LogP contribution in [0.4, 0.5) is 11.5 Å². The molecule has 1 heterocycles. The largest absolute Gasteiger partial charge is 0.373 e. The zero-order chi connectivity index (χ0) is 14.8. The summed E-state index contributed by atoms with van der Waals surface area (Å²) in [5.74, 6) is 1.21. The average Bonchev–Trinajstić information content (AvgIpc) is 2.53. The van der Waals surface area contributed by atoms with Crippen molar-refractivity contribution in [1.29, 1.82) is 0 Å². The fraction of sp³-hybridized carbons (Fsp3) is 0.333. The van der Waals surface area contributed by atoms with Gasteiger partial charge in [-0.25, -0.2) is 9.97 Å². The number of rotatable bonds is 3. The molecule has 0 fully saturated rings. The Morgan fingerprint density at radius 3 is 2.71 bits per heavy atom. The van der Waals surface area contributed by atoms with Gasteiger partial charge in [0.05, 0.1) is 10.5 Å². The molecule has 3 rings (SSSR count). The molecule has 1 aliphatic rings. The fourth-order valence-electron chi connectivity index (χ4n) is 2.74. The van der Waals surface area contributed by atoms with Crippen molar-refractivity contribution in [2.24, 2.45) is 0 Å². The first-order chi connectivity index (χ1) is 10.2. The molecule has 1 aromatic carbocycles. The molecular formula is C15H16N4O2. The van der Waals surface area contributed by atoms with Crippen molar-refractivity contribution in [3.8, 4) is 11.4 Å². The normalized spacial score (nSPS) is 13.6. The average molecular weight is 284 g/mol. The molecule has 1 aliphatic carbocycles. The van der Waals surface area contributed by atoms with Crippen LogP contribution < -0.4 is 5.32 Å². The van der Waals surface area contributed by atoms with E-state index < -0.39 is 4.92 Å². The van der Waals surface area contributed by atoms with Crippen LogP contribution in [0.25, 0.3) is 11.4 Å². The Kier molecular flexibility index (Phi) is 3.51. The molecule has 0 atom stereocenters. The molecule has 0 radical (unpaired) electrons. The Bertz CT molecular complexity index is 683. The van der Waals surface area contributed by atoms with Crippen LogP contribution in [0.5, 0.6) is 0 Å². The summed E-state index contributed by atoms with van der Waals surface area (Å²) in [5.41, 5.74) is 2.66. The molecule has 108 valence electrons. The lowest BCUT2D eigenvalue weighted by Crippen LogP contribution is -2.12. The minimum absolute atomic E-state index is 0.0373. The third kappa shape index (κ3) is 2.44. The summed E-state index contributed by atoms with van der Waals surface area (Å²) in [6, 6.07) is 6.60. The van der Waals surface area contributed by atoms with E-state index in [1.165, 1.54) is 6.07 Å². The number of aryl methyl sites for hydroxylation is 1. The number of anilines is 1. The lowest BCUT2D eigenvalue weighted by molar-refractivity contribution is -0.384. The van der Waals surface area contributed by atoms with E-state index in [4.69, 9.17) is 0 Å². The maximum absolute atomic E-state index is 11.2. The third-order valence-electron chi connectivity index (χ3n) is 3.76. The third-order valence-corrected chi connectivity index (χ3v) is 3.76. The molecule has 0 aliphatic heterocycles. The van der Waals surface area contributed by atoms with Crippen LogP contribution in [0, 0.1) is 10.1 Å². The Hall–Kier alpha value is -2.50. The first kappa shape index (κ1) is 13.5. The molecule has 0 saturated carbocycles. The zero-order valence-corrected chi connectivity index (χ0v) is 11.8. The molecule has 0 bridgehead atoms. The maximum atomic E-state index is 11.2. The van der Waals surface area contributed by atoms with E-state index in [1.807, 2.05) is 7.05 Å². The van der Waals surface area contributed by atoms with Gasteiger partial charge in [0.2, 0.25) is 0 Å². The first-order valence-corrected chi connectivity index (χ1v) is 7.02. The molecule has 0 amide bonds. The number of nitro groups is 1. The van der Waals surface area contributed by atoms with Gasteiger partial charge >= 0.3 is 0 Å². The minimum Gasteiger partial charge on any atom is -0.373 e. The smallest absolute Gasteiger partial charge is 0.280 e. The quantitative estimate of drug-likeness (QED) is 0.692. The summed E-state index contributed by atoms with van der Waals surface area (Å²) in [6.07, 6.45) is 4.10. The van der Waals surface area contributed by atoms with Gasteiger partial charge in [0.1, 0.15) is 5.82 Å². The highest BCUT2D eigenvalue weighted by Gasteiger charge is 2.21. The van der Waals surface area contributed by atoms with E-state index in [-0.39, 0.29) is 5.69 Å². The van der Waals surface area contributed by atoms with Gasteiger partial charge in [0.25, 0.3) is 5.69 Å². The van der Waals surface area contributed by atoms with Crippen molar-refractivity contribution in [1.82, 2.24) is 9.97 Å². The second kappa shape index (κ2) is 5.47. The highest BCUT2D eigenvalue weighted by molar-refractivity contribution is 5.69. The fourth-order valence-corrected chi connectivity index (χ4v) is 2.74. The Labute approximate surface area is 122 Å². The summed E-state index contributed by atoms with van der Waals surface area (Å²) in [4.78, 5) is 19.9. The number of para-hydroxylation sites is 1. The standard InChI is InChI=1S/C15H16N4O2/c1-16-14-10-6-2-4-8-12(10)17-15(18-14)11-7-3-5-9-13(11)19(20)21/h3,5,7,9H,2,4,6,8H2,1H3,(H,16,17,18). The predicted octanol–water partition coefficient (Wildman–Crippen LogP) is 2.97. The monoisotopic (exact) mass is 284 g/mol. The van der Waals surface area contributed by atoms with Gasteiger partial charge in [0, 0.05) is 24.4 Å². The predicted molar refractivity (Wildman–Crippen MR) is 80.3 cm³/mol. The lowest BCUT2D eigenvalue weighted by atomic mass is 9.96. The second-order valence-electron chi connectivity index (χ2n) is 5.05. The number of fused-ring (bicyclic) bond motifs is 1. The lowest BCUT2D eigenvalue weighted by Gasteiger charge is -2.18. The summed E-state index contributed by atoms with van der Waals surface area (Å²) in [7, 11) is 1.82. The van der Waals surface area contributed by atoms with Crippen LogP contribution in [0.2, 0.25) is 0 Å². The first-order valence-electron chi connectivity index (χ1n) is 7.02. The Morgan fingerprint density at radius 1 is 1.19 bits per heavy atom. The Balaban J connectivity index is 2.17. The van der Waals surface area contributed by atoms with Crippen molar-refractivity contribution in [3.05, 3.63) is 45.6 Å². The number of nitrogens with zero attached hydrogens (tertiary/aromatic N) is 3. The highest BCUT2D eigenvalue weighted by atomic mass is 16.6. The summed E-state index contributed by atoms with van der Waals surface area (Å²) >= 11 is 0. The van der Waals surface area contributed by atoms with Crippen LogP contribution in [0.15, 0.2) is 24.3 Å². The summed E-state index contributed by atoms with van der Waals surface area (Å²) in [6.45, 7) is 0. The van der Waals surface area contributed by atoms with Crippen molar-refractivity contribution in [3.63, 3.8) is 0 Å². The van der Waals surface area contributed by atoms with Gasteiger partial charge in [-0.15, -0.1) is 0 Å². The Morgan fingerprint density at radius 2 is 1.95 bits per heavy atom. The summed E-state index contributed by atoms with van der Waals surface area (Å²) in [5, 5.41) is 14.3. The van der Waals surface area contributed by atoms with Crippen molar-refractivity contribution < 1.29 is 4.92 Å². The number of hydrogen-bond donors (Lipinski definition) is 1. The molecule has 0 saturated heterocycles. The summed E-state index contributed by atoms with van der Waals surface area (Å²) < 4.78 is 0. The zero-order valence-electron chi connectivity index (χ0n) is 11.8. The molecule has 1 aromatic heterocycles. The van der Waals surface area contributed by atoms with Crippen LogP contribution in [0.1, 0.15) is 24.1 Å². The molecule has 1 N–H and O–H groups in total. The van der Waals surface area contributed by atoms with Gasteiger partial charge in [-0.3, -0.25) is 10.1 Å². The second-order valence-corrected chi connectivity index (χ2v) is 5.05. The van der Waals surface area contributed by atoms with Gasteiger partial charge in [-0.05, 0) is 31.7 Å². The van der Waals surface area contributed by atoms with Crippen molar-refractivity contribution >= 4 is 11.5 Å². The number of aromatic nitrogens is 2. The van der Waals surface area contributed by atoms with Crippen LogP contribution in [0.3, 0.4) is 0 Å². The van der Waals surface area contributed by atoms with E-state index >= 15 is 0 Å². The van der Waals surface area contributed by atoms with Crippen LogP contribution in [-0.4, -0.2) is 21.9 Å². The molecule has 21 heavy (non-hydrogen) atoms. The SMILES string of the molecule is CNc1nc(-c2ccccc2[N+](=O)[O-])nc2c1CCCC2. The van der Waals surface area contributed by atoms with E-state index in [2.05, 4.69) is 15.3 Å². The number of benzene rings is 1. The van der Waals surface area contributed by atoms with Crippen molar-refractivity contribution in [2.75, 3.05) is 12.4 Å². The molecule has 0 unspecified atom stereocenters. The molecule has 6 heteroatoms. The van der Waals surface area contributed by atoms with Gasteiger partial charge in [-0.2, -0.15) is 0 Å². The number of hydrogen-bond acceptors (Lipinski definition) is 5. The molecular weight excluding hydrogens is 268 g/mol. The minimum atomic E-state index is -0.392. The van der Waals surface area contributed by atoms with E-state index in [9.17, 15) is 10.1 Å². The number of nitrogens with one attached hydrogen (secondary N) is 1. The number of nitro benzene ring substituents is 1. The molecule has 0 spiro atoms. The molecule has 2 aromatic rings. The van der Waals surface area contributed by atoms with Gasteiger partial charge in [-0.1, -0.05) is 12.1 Å². The van der Waals surface area contributed by atoms with Crippen molar-refractivity contribution in [2.45, 2.75) is 25.7 Å².